The lowest BCUT2D eigenvalue weighted by Gasteiger charge is -2.17. The molecule has 2 heterocycles. The summed E-state index contributed by atoms with van der Waals surface area (Å²) in [6.45, 7) is 2.16. The number of aryl methyl sites for hydroxylation is 1. The van der Waals surface area contributed by atoms with Gasteiger partial charge in [0.25, 0.3) is 0 Å². The molecule has 7 aromatic rings. The van der Waals surface area contributed by atoms with Crippen LogP contribution >= 0.6 is 0 Å². The van der Waals surface area contributed by atoms with Crippen molar-refractivity contribution in [1.82, 2.24) is 9.55 Å². The first-order valence-corrected chi connectivity index (χ1v) is 13.0. The van der Waals surface area contributed by atoms with Gasteiger partial charge in [-0.3, -0.25) is 0 Å². The van der Waals surface area contributed by atoms with Crippen LogP contribution in [0.15, 0.2) is 140 Å². The highest BCUT2D eigenvalue weighted by Crippen LogP contribution is 2.38. The fraction of sp³-hybridized carbons (Fsp3) is 0.0278. The molecule has 0 aliphatic heterocycles. The molecule has 0 bridgehead atoms. The molecule has 0 aliphatic carbocycles. The van der Waals surface area contributed by atoms with Gasteiger partial charge in [-0.1, -0.05) is 109 Å². The van der Waals surface area contributed by atoms with Crippen LogP contribution in [0.3, 0.4) is 0 Å². The highest BCUT2D eigenvalue weighted by Gasteiger charge is 2.17. The lowest BCUT2D eigenvalue weighted by molar-refractivity contribution is 1.17. The summed E-state index contributed by atoms with van der Waals surface area (Å²) in [5.74, 6) is 0. The van der Waals surface area contributed by atoms with E-state index in [9.17, 15) is 0 Å². The number of aromatic nitrogens is 2. The van der Waals surface area contributed by atoms with Crippen LogP contribution in [0.25, 0.3) is 61.1 Å². The van der Waals surface area contributed by atoms with Crippen LogP contribution in [0.1, 0.15) is 5.56 Å². The summed E-state index contributed by atoms with van der Waals surface area (Å²) < 4.78 is 2.41. The highest BCUT2D eigenvalue weighted by molar-refractivity contribution is 6.09. The van der Waals surface area contributed by atoms with Crippen molar-refractivity contribution in [3.63, 3.8) is 0 Å². The summed E-state index contributed by atoms with van der Waals surface area (Å²) in [6.07, 6.45) is 0. The Morgan fingerprint density at radius 1 is 0.474 bits per heavy atom. The number of rotatable bonds is 4. The van der Waals surface area contributed by atoms with Crippen LogP contribution in [0, 0.1) is 6.92 Å². The van der Waals surface area contributed by atoms with Crippen LogP contribution in [0.4, 0.5) is 0 Å². The average Bonchev–Trinajstić information content (AvgIpc) is 3.32. The van der Waals surface area contributed by atoms with Crippen molar-refractivity contribution in [3.8, 4) is 39.3 Å². The smallest absolute Gasteiger partial charge is 0.0715 e. The molecule has 0 fully saturated rings. The zero-order valence-electron chi connectivity index (χ0n) is 21.2. The minimum Gasteiger partial charge on any atom is -0.309 e. The van der Waals surface area contributed by atoms with E-state index >= 15 is 0 Å². The van der Waals surface area contributed by atoms with Crippen molar-refractivity contribution in [2.45, 2.75) is 6.92 Å². The number of nitrogens with zero attached hydrogens (tertiary/aromatic N) is 2. The first-order chi connectivity index (χ1) is 18.8. The zero-order chi connectivity index (χ0) is 25.5. The van der Waals surface area contributed by atoms with E-state index in [2.05, 4.69) is 139 Å². The van der Waals surface area contributed by atoms with Gasteiger partial charge in [-0.15, -0.1) is 0 Å². The Kier molecular flexibility index (Phi) is 5.37. The van der Waals surface area contributed by atoms with E-state index in [0.29, 0.717) is 0 Å². The maximum atomic E-state index is 5.11. The van der Waals surface area contributed by atoms with Crippen LogP contribution in [0.5, 0.6) is 0 Å². The zero-order valence-corrected chi connectivity index (χ0v) is 21.2. The summed E-state index contributed by atoms with van der Waals surface area (Å²) in [6, 6.07) is 49.5. The Bertz CT molecular complexity index is 1800. The summed E-state index contributed by atoms with van der Waals surface area (Å²) in [4.78, 5) is 5.11. The SMILES string of the molecule is Cc1ccc(-n2c3ccccc3c3ccccc32)c(-c2cc(-c3ccccc3)nc(-c3ccccc3)c2)c1. The van der Waals surface area contributed by atoms with E-state index in [0.717, 1.165) is 33.8 Å². The quantitative estimate of drug-likeness (QED) is 0.242. The molecule has 2 aromatic heterocycles. The number of benzene rings is 5. The van der Waals surface area contributed by atoms with Crippen LogP contribution in [0.2, 0.25) is 0 Å². The fourth-order valence-electron chi connectivity index (χ4n) is 5.46. The third kappa shape index (κ3) is 3.79. The normalized spacial score (nSPS) is 11.3. The second-order valence-corrected chi connectivity index (χ2v) is 9.75. The average molecular weight is 487 g/mol. The molecule has 180 valence electrons. The monoisotopic (exact) mass is 486 g/mol. The molecule has 0 spiro atoms. The lowest BCUT2D eigenvalue weighted by atomic mass is 9.97. The highest BCUT2D eigenvalue weighted by atomic mass is 15.0. The van der Waals surface area contributed by atoms with Crippen molar-refractivity contribution >= 4 is 21.8 Å². The molecule has 7 rings (SSSR count). The molecular weight excluding hydrogens is 460 g/mol. The number of hydrogen-bond donors (Lipinski definition) is 0. The van der Waals surface area contributed by atoms with Gasteiger partial charge < -0.3 is 4.57 Å². The first-order valence-electron chi connectivity index (χ1n) is 13.0. The predicted molar refractivity (Wildman–Crippen MR) is 160 cm³/mol. The molecule has 5 aromatic carbocycles. The standard InChI is InChI=1S/C36H26N2/c1-25-20-21-36(38-34-18-10-8-16-29(34)30-17-9-11-19-35(30)38)31(22-25)28-23-32(26-12-4-2-5-13-26)37-33(24-28)27-14-6-3-7-15-27/h2-24H,1H3. The van der Waals surface area contributed by atoms with E-state index in [1.165, 1.54) is 32.9 Å². The van der Waals surface area contributed by atoms with Crippen molar-refractivity contribution in [1.29, 1.82) is 0 Å². The third-order valence-corrected chi connectivity index (χ3v) is 7.25. The molecule has 2 heteroatoms. The van der Waals surface area contributed by atoms with E-state index in [-0.39, 0.29) is 0 Å². The number of pyridine rings is 1. The summed E-state index contributed by atoms with van der Waals surface area (Å²) >= 11 is 0. The fourth-order valence-corrected chi connectivity index (χ4v) is 5.46. The summed E-state index contributed by atoms with van der Waals surface area (Å²) in [5.41, 5.74) is 11.3. The lowest BCUT2D eigenvalue weighted by Crippen LogP contribution is -1.99. The molecule has 0 radical (unpaired) electrons. The third-order valence-electron chi connectivity index (χ3n) is 7.25. The molecule has 2 nitrogen and oxygen atoms in total. The Morgan fingerprint density at radius 2 is 0.974 bits per heavy atom. The number of para-hydroxylation sites is 2. The van der Waals surface area contributed by atoms with Crippen molar-refractivity contribution in [2.24, 2.45) is 0 Å². The molecule has 0 N–H and O–H groups in total. The molecule has 0 saturated heterocycles. The minimum absolute atomic E-state index is 0.969. The maximum Gasteiger partial charge on any atom is 0.0715 e. The van der Waals surface area contributed by atoms with Gasteiger partial charge in [0.1, 0.15) is 0 Å². The van der Waals surface area contributed by atoms with Gasteiger partial charge in [-0.25, -0.2) is 4.98 Å². The van der Waals surface area contributed by atoms with Crippen molar-refractivity contribution in [2.75, 3.05) is 0 Å². The van der Waals surface area contributed by atoms with Gasteiger partial charge in [-0.2, -0.15) is 0 Å². The van der Waals surface area contributed by atoms with Crippen molar-refractivity contribution in [3.05, 3.63) is 145 Å². The molecule has 0 amide bonds. The Labute approximate surface area is 222 Å². The van der Waals surface area contributed by atoms with Gasteiger partial charge in [0.05, 0.1) is 28.1 Å². The van der Waals surface area contributed by atoms with E-state index in [1.54, 1.807) is 0 Å². The molecule has 0 atom stereocenters. The van der Waals surface area contributed by atoms with Crippen LogP contribution in [-0.2, 0) is 0 Å². The van der Waals surface area contributed by atoms with Crippen LogP contribution in [-0.4, -0.2) is 9.55 Å². The Hall–Kier alpha value is -4.95. The van der Waals surface area contributed by atoms with E-state index < -0.39 is 0 Å². The Morgan fingerprint density at radius 3 is 1.53 bits per heavy atom. The van der Waals surface area contributed by atoms with Gasteiger partial charge in [0.2, 0.25) is 0 Å². The molecule has 38 heavy (non-hydrogen) atoms. The molecule has 0 aliphatic rings. The number of fused-ring (bicyclic) bond motifs is 3. The molecule has 0 saturated carbocycles. The first kappa shape index (κ1) is 22.3. The van der Waals surface area contributed by atoms with E-state index in [1.807, 2.05) is 12.1 Å². The van der Waals surface area contributed by atoms with Gasteiger partial charge >= 0.3 is 0 Å². The summed E-state index contributed by atoms with van der Waals surface area (Å²) in [5, 5.41) is 2.53. The van der Waals surface area contributed by atoms with Gasteiger partial charge in [0, 0.05) is 27.5 Å². The second kappa shape index (κ2) is 9.17. The maximum absolute atomic E-state index is 5.11. The second-order valence-electron chi connectivity index (χ2n) is 9.75. The number of hydrogen-bond acceptors (Lipinski definition) is 1. The minimum atomic E-state index is 0.969. The van der Waals surface area contributed by atoms with Gasteiger partial charge in [-0.05, 0) is 48.9 Å². The van der Waals surface area contributed by atoms with Gasteiger partial charge in [0.15, 0.2) is 0 Å². The largest absolute Gasteiger partial charge is 0.309 e. The van der Waals surface area contributed by atoms with E-state index in [4.69, 9.17) is 4.98 Å². The predicted octanol–water partition coefficient (Wildman–Crippen LogP) is 9.49. The Balaban J connectivity index is 1.54. The topological polar surface area (TPSA) is 17.8 Å². The molecular formula is C36H26N2. The molecule has 0 unspecified atom stereocenters. The van der Waals surface area contributed by atoms with Crippen LogP contribution < -0.4 is 0 Å². The summed E-state index contributed by atoms with van der Waals surface area (Å²) in [7, 11) is 0. The van der Waals surface area contributed by atoms with Crippen molar-refractivity contribution < 1.29 is 0 Å².